The molecule has 0 unspecified atom stereocenters. The average Bonchev–Trinajstić information content (AvgIpc) is 3.01. The Balaban J connectivity index is 1.43. The largest absolute Gasteiger partial charge is 0.504 e. The van der Waals surface area contributed by atoms with Crippen molar-refractivity contribution in [3.63, 3.8) is 0 Å². The van der Waals surface area contributed by atoms with E-state index in [1.807, 2.05) is 0 Å². The normalized spacial score (nSPS) is 32.0. The molecule has 2 fully saturated rings. The summed E-state index contributed by atoms with van der Waals surface area (Å²) in [6.45, 7) is 0.838. The van der Waals surface area contributed by atoms with Gasteiger partial charge in [0.2, 0.25) is 23.2 Å². The van der Waals surface area contributed by atoms with Gasteiger partial charge in [-0.2, -0.15) is 0 Å². The van der Waals surface area contributed by atoms with Gasteiger partial charge in [0, 0.05) is 11.6 Å². The summed E-state index contributed by atoms with van der Waals surface area (Å²) >= 11 is 0. The third kappa shape index (κ3) is 5.81. The van der Waals surface area contributed by atoms with Crippen molar-refractivity contribution in [2.45, 2.75) is 68.3 Å². The minimum absolute atomic E-state index is 0.00593. The van der Waals surface area contributed by atoms with E-state index < -0.39 is 113 Å². The Kier molecular flexibility index (Phi) is 9.00. The number of phenols is 3. The van der Waals surface area contributed by atoms with E-state index in [-0.39, 0.29) is 16.9 Å². The van der Waals surface area contributed by atoms with Gasteiger partial charge in [-0.15, -0.1) is 0 Å². The molecule has 45 heavy (non-hydrogen) atoms. The van der Waals surface area contributed by atoms with Crippen LogP contribution in [0.5, 0.6) is 34.5 Å². The SMILES string of the molecule is COc1cc2oc(-c3ccc(O)c(O)c3)c(O)c(=O)c2c(O)c1O[C@@H]1O[C@H](CO[C@@H]2O[C@@H](C)[C@H](O)[C@@H](O)[C@H]2O)[C@@H](O)[C@H](O)[C@H]1O. The van der Waals surface area contributed by atoms with Crippen molar-refractivity contribution in [2.75, 3.05) is 13.7 Å². The molecule has 1 aromatic heterocycles. The molecule has 10 N–H and O–H groups in total. The number of fused-ring (bicyclic) bond motifs is 1. The molecule has 0 bridgehead atoms. The van der Waals surface area contributed by atoms with Gasteiger partial charge in [-0.3, -0.25) is 4.79 Å². The van der Waals surface area contributed by atoms with Gasteiger partial charge in [-0.25, -0.2) is 0 Å². The van der Waals surface area contributed by atoms with Gasteiger partial charge in [0.05, 0.1) is 19.8 Å². The van der Waals surface area contributed by atoms with E-state index >= 15 is 0 Å². The number of benzene rings is 2. The maximum absolute atomic E-state index is 13.2. The maximum Gasteiger partial charge on any atom is 0.238 e. The van der Waals surface area contributed by atoms with E-state index in [0.29, 0.717) is 0 Å². The van der Waals surface area contributed by atoms with Crippen molar-refractivity contribution in [1.29, 1.82) is 0 Å². The Morgan fingerprint density at radius 1 is 0.778 bits per heavy atom. The second-order valence-electron chi connectivity index (χ2n) is 10.6. The molecule has 0 saturated carbocycles. The molecule has 2 saturated heterocycles. The first kappa shape index (κ1) is 32.5. The van der Waals surface area contributed by atoms with Crippen LogP contribution in [-0.4, -0.2) is 126 Å². The molecule has 0 radical (unpaired) electrons. The number of aliphatic hydroxyl groups excluding tert-OH is 6. The van der Waals surface area contributed by atoms with Gasteiger partial charge in [0.25, 0.3) is 0 Å². The molecule has 5 rings (SSSR count). The zero-order chi connectivity index (χ0) is 32.9. The Bertz CT molecular complexity index is 1610. The van der Waals surface area contributed by atoms with E-state index in [1.165, 1.54) is 20.1 Å². The predicted molar refractivity (Wildman–Crippen MR) is 147 cm³/mol. The number of rotatable bonds is 7. The second-order valence-corrected chi connectivity index (χ2v) is 10.6. The molecule has 246 valence electrons. The predicted octanol–water partition coefficient (Wildman–Crippen LogP) is -1.68. The summed E-state index contributed by atoms with van der Waals surface area (Å²) in [6.07, 6.45) is -16.0. The quantitative estimate of drug-likeness (QED) is 0.129. The van der Waals surface area contributed by atoms with Crippen LogP contribution < -0.4 is 14.9 Å². The number of hydrogen-bond donors (Lipinski definition) is 10. The highest BCUT2D eigenvalue weighted by Crippen LogP contribution is 2.45. The minimum Gasteiger partial charge on any atom is -0.504 e. The molecule has 3 heterocycles. The summed E-state index contributed by atoms with van der Waals surface area (Å²) < 4.78 is 32.9. The number of phenolic OH excluding ortho intramolecular Hbond substituents is 3. The van der Waals surface area contributed by atoms with Crippen molar-refractivity contribution in [3.05, 3.63) is 34.5 Å². The molecule has 3 aromatic rings. The van der Waals surface area contributed by atoms with Gasteiger partial charge in [0.15, 0.2) is 35.0 Å². The number of hydrogen-bond acceptors (Lipinski definition) is 17. The van der Waals surface area contributed by atoms with Crippen LogP contribution in [0.4, 0.5) is 0 Å². The summed E-state index contributed by atoms with van der Waals surface area (Å²) in [5.41, 5.74) is -1.43. The summed E-state index contributed by atoms with van der Waals surface area (Å²) in [5.74, 6) is -4.18. The standard InChI is InChI=1S/C28H32O17/c1-8-16(31)20(35)23(38)27(42-8)41-7-14-17(32)21(36)24(39)28(44-14)45-26-13(40-2)6-12-15(19(26)34)18(33)22(37)25(43-12)9-3-4-10(29)11(30)5-9/h3-6,8,14,16-17,20-21,23-24,27-32,34-39H,7H2,1-2H3/t8-,14+,16-,17+,20+,21-,23+,24+,27+,28-/m0/s1. The highest BCUT2D eigenvalue weighted by molar-refractivity contribution is 5.91. The summed E-state index contributed by atoms with van der Waals surface area (Å²) in [4.78, 5) is 13.2. The van der Waals surface area contributed by atoms with Crippen LogP contribution in [0.25, 0.3) is 22.3 Å². The molecule has 10 atom stereocenters. The summed E-state index contributed by atoms with van der Waals surface area (Å²) in [6, 6.07) is 4.49. The van der Waals surface area contributed by atoms with E-state index in [4.69, 9.17) is 28.1 Å². The molecule has 0 spiro atoms. The van der Waals surface area contributed by atoms with Crippen LogP contribution in [0.3, 0.4) is 0 Å². The molecule has 17 heteroatoms. The van der Waals surface area contributed by atoms with Crippen molar-refractivity contribution >= 4 is 11.0 Å². The Morgan fingerprint density at radius 3 is 2.11 bits per heavy atom. The fraction of sp³-hybridized carbons (Fsp3) is 0.464. The topological polar surface area (TPSA) is 279 Å². The lowest BCUT2D eigenvalue weighted by atomic mass is 9.98. The monoisotopic (exact) mass is 640 g/mol. The third-order valence-electron chi connectivity index (χ3n) is 7.65. The first-order chi connectivity index (χ1) is 21.2. The Morgan fingerprint density at radius 2 is 1.44 bits per heavy atom. The first-order valence-electron chi connectivity index (χ1n) is 13.5. The maximum atomic E-state index is 13.2. The second kappa shape index (κ2) is 12.5. The van der Waals surface area contributed by atoms with Crippen molar-refractivity contribution in [3.8, 4) is 45.8 Å². The summed E-state index contributed by atoms with van der Waals surface area (Å²) in [5, 5.41) is 102. The van der Waals surface area contributed by atoms with Gasteiger partial charge in [-0.1, -0.05) is 0 Å². The van der Waals surface area contributed by atoms with E-state index in [1.54, 1.807) is 0 Å². The van der Waals surface area contributed by atoms with Crippen LogP contribution in [-0.2, 0) is 14.2 Å². The van der Waals surface area contributed by atoms with Crippen LogP contribution in [0.15, 0.2) is 33.5 Å². The lowest BCUT2D eigenvalue weighted by Crippen LogP contribution is -2.61. The van der Waals surface area contributed by atoms with Crippen molar-refractivity contribution in [2.24, 2.45) is 0 Å². The van der Waals surface area contributed by atoms with Gasteiger partial charge >= 0.3 is 0 Å². The highest BCUT2D eigenvalue weighted by Gasteiger charge is 2.47. The number of aliphatic hydroxyl groups is 6. The van der Waals surface area contributed by atoms with Crippen LogP contribution in [0.1, 0.15) is 6.92 Å². The zero-order valence-electron chi connectivity index (χ0n) is 23.6. The minimum atomic E-state index is -1.93. The fourth-order valence-corrected chi connectivity index (χ4v) is 5.02. The smallest absolute Gasteiger partial charge is 0.238 e. The fourth-order valence-electron chi connectivity index (χ4n) is 5.02. The van der Waals surface area contributed by atoms with Crippen LogP contribution >= 0.6 is 0 Å². The van der Waals surface area contributed by atoms with Crippen molar-refractivity contribution < 1.29 is 79.2 Å². The molecule has 0 aliphatic carbocycles. The number of ether oxygens (including phenoxy) is 5. The van der Waals surface area contributed by atoms with E-state index in [0.717, 1.165) is 18.2 Å². The lowest BCUT2D eigenvalue weighted by Gasteiger charge is -2.42. The molecule has 17 nitrogen and oxygen atoms in total. The Hall–Kier alpha value is -3.91. The van der Waals surface area contributed by atoms with E-state index in [2.05, 4.69) is 0 Å². The zero-order valence-corrected chi connectivity index (χ0v) is 23.6. The molecule has 2 aliphatic rings. The Labute approximate surface area is 252 Å². The molecule has 2 aliphatic heterocycles. The summed E-state index contributed by atoms with van der Waals surface area (Å²) in [7, 11) is 1.17. The number of methoxy groups -OCH3 is 1. The first-order valence-corrected chi connectivity index (χ1v) is 13.5. The average molecular weight is 641 g/mol. The van der Waals surface area contributed by atoms with Crippen LogP contribution in [0, 0.1) is 0 Å². The lowest BCUT2D eigenvalue weighted by molar-refractivity contribution is -0.318. The van der Waals surface area contributed by atoms with E-state index in [9.17, 15) is 55.9 Å². The molecular formula is C28H32O17. The van der Waals surface area contributed by atoms with Gasteiger partial charge in [0.1, 0.15) is 53.7 Å². The highest BCUT2D eigenvalue weighted by atomic mass is 16.7. The van der Waals surface area contributed by atoms with Crippen LogP contribution in [0.2, 0.25) is 0 Å². The number of aromatic hydroxyl groups is 4. The molecule has 0 amide bonds. The van der Waals surface area contributed by atoms with Crippen molar-refractivity contribution in [1.82, 2.24) is 0 Å². The van der Waals surface area contributed by atoms with Gasteiger partial charge in [-0.05, 0) is 25.1 Å². The molecule has 2 aromatic carbocycles. The molecular weight excluding hydrogens is 608 g/mol. The van der Waals surface area contributed by atoms with Gasteiger partial charge < -0.3 is 79.2 Å². The third-order valence-corrected chi connectivity index (χ3v) is 7.65.